The third-order valence-corrected chi connectivity index (χ3v) is 3.90. The van der Waals surface area contributed by atoms with Crippen molar-refractivity contribution in [1.82, 2.24) is 0 Å². The Morgan fingerprint density at radius 1 is 0.966 bits per heavy atom. The molecule has 1 heterocycles. The zero-order valence-corrected chi connectivity index (χ0v) is 19.0. The molecule has 0 amide bonds. The summed E-state index contributed by atoms with van der Waals surface area (Å²) in [6, 6.07) is 0. The third-order valence-electron chi connectivity index (χ3n) is 3.90. The average Bonchev–Trinajstić information content (AvgIpc) is 2.77. The van der Waals surface area contributed by atoms with Crippen molar-refractivity contribution in [2.45, 2.75) is 104 Å². The maximum absolute atomic E-state index is 13.3. The molecule has 3 atom stereocenters. The maximum Gasteiger partial charge on any atom is 0.346 e. The highest BCUT2D eigenvalue weighted by Crippen LogP contribution is 2.46. The number of carbonyl (C=O) groups excluding carboxylic acids is 3. The molecule has 9 heteroatoms. The van der Waals surface area contributed by atoms with Crippen LogP contribution < -0.4 is 0 Å². The molecular formula is C20H34O9. The van der Waals surface area contributed by atoms with Gasteiger partial charge in [-0.2, -0.15) is 0 Å². The zero-order chi connectivity index (χ0) is 23.1. The summed E-state index contributed by atoms with van der Waals surface area (Å²) in [5, 5.41) is 11.2. The highest BCUT2D eigenvalue weighted by molar-refractivity contribution is 5.98. The Hall–Kier alpha value is -1.71. The Kier molecular flexibility index (Phi) is 6.85. The van der Waals surface area contributed by atoms with Crippen LogP contribution in [0.3, 0.4) is 0 Å². The third kappa shape index (κ3) is 5.46. The Bertz CT molecular complexity index is 652. The lowest BCUT2D eigenvalue weighted by molar-refractivity contribution is -0.238. The van der Waals surface area contributed by atoms with Gasteiger partial charge in [-0.05, 0) is 69.2 Å². The molecule has 1 rings (SSSR count). The van der Waals surface area contributed by atoms with E-state index in [1.807, 2.05) is 0 Å². The number of aliphatic hydroxyl groups is 1. The Morgan fingerprint density at radius 2 is 1.45 bits per heavy atom. The van der Waals surface area contributed by atoms with E-state index in [9.17, 15) is 19.5 Å². The summed E-state index contributed by atoms with van der Waals surface area (Å²) in [6.07, 6.45) is -1.79. The Morgan fingerprint density at radius 3 is 1.86 bits per heavy atom. The van der Waals surface area contributed by atoms with Crippen LogP contribution in [-0.4, -0.2) is 63.9 Å². The van der Waals surface area contributed by atoms with Gasteiger partial charge in [-0.3, -0.25) is 0 Å². The van der Waals surface area contributed by atoms with E-state index in [-0.39, 0.29) is 6.61 Å². The quantitative estimate of drug-likeness (QED) is 0.527. The number of carbonyl (C=O) groups is 3. The first-order chi connectivity index (χ1) is 12.8. The van der Waals surface area contributed by atoms with E-state index in [4.69, 9.17) is 23.7 Å². The van der Waals surface area contributed by atoms with Crippen molar-refractivity contribution in [3.05, 3.63) is 0 Å². The molecule has 0 aromatic carbocycles. The summed E-state index contributed by atoms with van der Waals surface area (Å²) in [7, 11) is 0. The highest BCUT2D eigenvalue weighted by atomic mass is 16.8. The molecular weight excluding hydrogens is 384 g/mol. The predicted octanol–water partition coefficient (Wildman–Crippen LogP) is 1.87. The molecule has 0 aromatic rings. The molecule has 1 N–H and O–H groups in total. The normalized spacial score (nSPS) is 26.4. The number of rotatable bonds is 5. The molecule has 0 bridgehead atoms. The maximum atomic E-state index is 13.3. The van der Waals surface area contributed by atoms with Crippen molar-refractivity contribution in [2.75, 3.05) is 6.61 Å². The standard InChI is InChI=1S/C20H34O9/c1-11-25-14(22)19(10,24)20(15(23)28-17(5,6)7)12(26-18(8,9)29-20)13(21)27-16(2,3)4/h12,24H,11H2,1-10H3. The van der Waals surface area contributed by atoms with Gasteiger partial charge in [0, 0.05) is 0 Å². The van der Waals surface area contributed by atoms with Crippen LogP contribution in [0.1, 0.15) is 69.2 Å². The van der Waals surface area contributed by atoms with Crippen LogP contribution in [0, 0.1) is 0 Å². The fraction of sp³-hybridized carbons (Fsp3) is 0.850. The molecule has 0 radical (unpaired) electrons. The number of ether oxygens (including phenoxy) is 5. The van der Waals surface area contributed by atoms with Crippen molar-refractivity contribution >= 4 is 17.9 Å². The van der Waals surface area contributed by atoms with Gasteiger partial charge in [0.1, 0.15) is 11.2 Å². The van der Waals surface area contributed by atoms with Crippen molar-refractivity contribution in [3.8, 4) is 0 Å². The van der Waals surface area contributed by atoms with Crippen LogP contribution in [0.15, 0.2) is 0 Å². The zero-order valence-electron chi connectivity index (χ0n) is 19.0. The smallest absolute Gasteiger partial charge is 0.346 e. The summed E-state index contributed by atoms with van der Waals surface area (Å²) in [5.41, 5.74) is -7.12. The first kappa shape index (κ1) is 25.3. The average molecular weight is 418 g/mol. The first-order valence-corrected chi connectivity index (χ1v) is 9.53. The molecule has 0 aromatic heterocycles. The van der Waals surface area contributed by atoms with E-state index < -0.39 is 52.2 Å². The summed E-state index contributed by atoms with van der Waals surface area (Å²) in [4.78, 5) is 38.9. The van der Waals surface area contributed by atoms with E-state index in [1.54, 1.807) is 41.5 Å². The van der Waals surface area contributed by atoms with Crippen LogP contribution in [0.5, 0.6) is 0 Å². The lowest BCUT2D eigenvalue weighted by atomic mass is 9.79. The topological polar surface area (TPSA) is 118 Å². The van der Waals surface area contributed by atoms with Crippen molar-refractivity contribution < 1.29 is 43.2 Å². The summed E-state index contributed by atoms with van der Waals surface area (Å²) >= 11 is 0. The van der Waals surface area contributed by atoms with Crippen LogP contribution >= 0.6 is 0 Å². The fourth-order valence-electron chi connectivity index (χ4n) is 2.88. The van der Waals surface area contributed by atoms with Gasteiger partial charge in [0.25, 0.3) is 0 Å². The molecule has 0 saturated carbocycles. The molecule has 3 unspecified atom stereocenters. The Labute approximate surface area is 172 Å². The monoisotopic (exact) mass is 418 g/mol. The van der Waals surface area contributed by atoms with Gasteiger partial charge in [-0.25, -0.2) is 14.4 Å². The SMILES string of the molecule is CCOC(=O)C(C)(O)C1(C(=O)OC(C)(C)C)OC(C)(C)OC1C(=O)OC(C)(C)C. The Balaban J connectivity index is 3.67. The van der Waals surface area contributed by atoms with Gasteiger partial charge in [0.2, 0.25) is 17.3 Å². The minimum absolute atomic E-state index is 0.0687. The molecule has 1 saturated heterocycles. The van der Waals surface area contributed by atoms with Gasteiger partial charge in [0.05, 0.1) is 6.61 Å². The molecule has 0 aliphatic carbocycles. The van der Waals surface area contributed by atoms with E-state index in [2.05, 4.69) is 0 Å². The highest BCUT2D eigenvalue weighted by Gasteiger charge is 2.74. The van der Waals surface area contributed by atoms with E-state index in [0.29, 0.717) is 0 Å². The number of hydrogen-bond acceptors (Lipinski definition) is 9. The molecule has 1 fully saturated rings. The van der Waals surface area contributed by atoms with Crippen LogP contribution in [0.25, 0.3) is 0 Å². The largest absolute Gasteiger partial charge is 0.464 e. The second-order valence-electron chi connectivity index (χ2n) is 9.56. The van der Waals surface area contributed by atoms with Gasteiger partial charge in [-0.15, -0.1) is 0 Å². The van der Waals surface area contributed by atoms with Crippen molar-refractivity contribution in [2.24, 2.45) is 0 Å². The number of esters is 3. The summed E-state index contributed by atoms with van der Waals surface area (Å²) < 4.78 is 27.2. The molecule has 1 aliphatic rings. The van der Waals surface area contributed by atoms with Crippen LogP contribution in [0.4, 0.5) is 0 Å². The van der Waals surface area contributed by atoms with E-state index >= 15 is 0 Å². The second kappa shape index (κ2) is 7.85. The van der Waals surface area contributed by atoms with Crippen LogP contribution in [-0.2, 0) is 38.1 Å². The number of hydrogen-bond donors (Lipinski definition) is 1. The molecule has 1 aliphatic heterocycles. The molecule has 0 spiro atoms. The summed E-state index contributed by atoms with van der Waals surface area (Å²) in [5.74, 6) is -4.82. The fourth-order valence-corrected chi connectivity index (χ4v) is 2.88. The lowest BCUT2D eigenvalue weighted by Gasteiger charge is -2.41. The minimum atomic E-state index is -2.62. The van der Waals surface area contributed by atoms with Crippen molar-refractivity contribution in [3.63, 3.8) is 0 Å². The molecule has 168 valence electrons. The van der Waals surface area contributed by atoms with Gasteiger partial charge < -0.3 is 28.8 Å². The van der Waals surface area contributed by atoms with Crippen LogP contribution in [0.2, 0.25) is 0 Å². The minimum Gasteiger partial charge on any atom is -0.464 e. The first-order valence-electron chi connectivity index (χ1n) is 9.53. The van der Waals surface area contributed by atoms with Gasteiger partial charge >= 0.3 is 17.9 Å². The second-order valence-corrected chi connectivity index (χ2v) is 9.56. The van der Waals surface area contributed by atoms with Gasteiger partial charge in [0.15, 0.2) is 5.79 Å². The van der Waals surface area contributed by atoms with E-state index in [0.717, 1.165) is 6.92 Å². The molecule has 29 heavy (non-hydrogen) atoms. The lowest BCUT2D eigenvalue weighted by Crippen LogP contribution is -2.70. The van der Waals surface area contributed by atoms with Crippen molar-refractivity contribution in [1.29, 1.82) is 0 Å². The predicted molar refractivity (Wildman–Crippen MR) is 102 cm³/mol. The molecule has 9 nitrogen and oxygen atoms in total. The van der Waals surface area contributed by atoms with Gasteiger partial charge in [-0.1, -0.05) is 0 Å². The summed E-state index contributed by atoms with van der Waals surface area (Å²) in [6.45, 7) is 15.1. The van der Waals surface area contributed by atoms with E-state index in [1.165, 1.54) is 20.8 Å².